The van der Waals surface area contributed by atoms with Gasteiger partial charge in [-0.15, -0.1) is 0 Å². The fraction of sp³-hybridized carbons (Fsp3) is 0.385. The SMILES string of the molecule is CCO[C@@H]1OC(=O)[C@@H]2C(c3ccccc3Cl)=NO[C@@H]12. The predicted molar refractivity (Wildman–Crippen MR) is 67.9 cm³/mol. The van der Waals surface area contributed by atoms with E-state index in [9.17, 15) is 4.79 Å². The molecule has 0 saturated carbocycles. The molecule has 5 nitrogen and oxygen atoms in total. The highest BCUT2D eigenvalue weighted by molar-refractivity contribution is 6.35. The number of hydrogen-bond acceptors (Lipinski definition) is 5. The van der Waals surface area contributed by atoms with Crippen molar-refractivity contribution in [3.8, 4) is 0 Å². The lowest BCUT2D eigenvalue weighted by Gasteiger charge is -2.13. The Morgan fingerprint density at radius 2 is 2.21 bits per heavy atom. The third-order valence-electron chi connectivity index (χ3n) is 3.13. The lowest BCUT2D eigenvalue weighted by atomic mass is 9.94. The van der Waals surface area contributed by atoms with Gasteiger partial charge in [0.15, 0.2) is 0 Å². The maximum atomic E-state index is 11.9. The van der Waals surface area contributed by atoms with E-state index in [4.69, 9.17) is 25.9 Å². The number of fused-ring (bicyclic) bond motifs is 1. The number of benzene rings is 1. The standard InChI is InChI=1S/C13H12ClNO4/c1-2-17-13-11-9(12(16)18-13)10(15-19-11)7-5-3-4-6-8(7)14/h3-6,9,11,13H,2H2,1H3/t9-,11-,13-/m1/s1. The maximum absolute atomic E-state index is 11.9. The molecule has 0 amide bonds. The third kappa shape index (κ3) is 1.99. The van der Waals surface area contributed by atoms with Crippen molar-refractivity contribution in [1.29, 1.82) is 0 Å². The summed E-state index contributed by atoms with van der Waals surface area (Å²) >= 11 is 6.12. The Kier molecular flexibility index (Phi) is 3.16. The monoisotopic (exact) mass is 281 g/mol. The van der Waals surface area contributed by atoms with Crippen LogP contribution in [0, 0.1) is 5.92 Å². The molecule has 100 valence electrons. The van der Waals surface area contributed by atoms with Crippen LogP contribution in [0.5, 0.6) is 0 Å². The number of esters is 1. The van der Waals surface area contributed by atoms with Gasteiger partial charge in [0.25, 0.3) is 0 Å². The molecule has 19 heavy (non-hydrogen) atoms. The van der Waals surface area contributed by atoms with Gasteiger partial charge in [-0.1, -0.05) is 35.0 Å². The summed E-state index contributed by atoms with van der Waals surface area (Å²) in [5.74, 6) is -0.962. The molecule has 1 aromatic carbocycles. The summed E-state index contributed by atoms with van der Waals surface area (Å²) in [5.41, 5.74) is 1.19. The van der Waals surface area contributed by atoms with E-state index in [1.807, 2.05) is 19.1 Å². The molecule has 0 spiro atoms. The van der Waals surface area contributed by atoms with E-state index in [0.717, 1.165) is 0 Å². The summed E-state index contributed by atoms with van der Waals surface area (Å²) < 4.78 is 10.5. The summed E-state index contributed by atoms with van der Waals surface area (Å²) in [6, 6.07) is 7.19. The van der Waals surface area contributed by atoms with E-state index in [0.29, 0.717) is 22.9 Å². The van der Waals surface area contributed by atoms with E-state index in [1.165, 1.54) is 0 Å². The Balaban J connectivity index is 1.91. The quantitative estimate of drug-likeness (QED) is 0.795. The van der Waals surface area contributed by atoms with E-state index in [2.05, 4.69) is 5.16 Å². The number of oxime groups is 1. The fourth-order valence-electron chi connectivity index (χ4n) is 2.28. The molecule has 3 rings (SSSR count). The van der Waals surface area contributed by atoms with E-state index in [-0.39, 0.29) is 5.97 Å². The zero-order valence-electron chi connectivity index (χ0n) is 10.2. The van der Waals surface area contributed by atoms with Crippen molar-refractivity contribution < 1.29 is 19.1 Å². The van der Waals surface area contributed by atoms with Crippen LogP contribution in [0.3, 0.4) is 0 Å². The number of nitrogens with zero attached hydrogens (tertiary/aromatic N) is 1. The first-order valence-corrected chi connectivity index (χ1v) is 6.41. The van der Waals surface area contributed by atoms with E-state index >= 15 is 0 Å². The van der Waals surface area contributed by atoms with Gasteiger partial charge in [0.2, 0.25) is 12.4 Å². The van der Waals surface area contributed by atoms with Crippen LogP contribution < -0.4 is 0 Å². The van der Waals surface area contributed by atoms with Crippen LogP contribution in [-0.4, -0.2) is 30.7 Å². The first-order valence-electron chi connectivity index (χ1n) is 6.03. The summed E-state index contributed by atoms with van der Waals surface area (Å²) in [6.07, 6.45) is -1.23. The molecule has 0 radical (unpaired) electrons. The molecule has 2 aliphatic heterocycles. The van der Waals surface area contributed by atoms with Crippen LogP contribution in [0.4, 0.5) is 0 Å². The van der Waals surface area contributed by atoms with Crippen LogP contribution in [0.1, 0.15) is 12.5 Å². The van der Waals surface area contributed by atoms with Gasteiger partial charge >= 0.3 is 5.97 Å². The van der Waals surface area contributed by atoms with Crippen LogP contribution in [0.25, 0.3) is 0 Å². The van der Waals surface area contributed by atoms with Gasteiger partial charge in [-0.25, -0.2) is 0 Å². The lowest BCUT2D eigenvalue weighted by Crippen LogP contribution is -2.30. The number of halogens is 1. The molecule has 2 heterocycles. The van der Waals surface area contributed by atoms with Crippen molar-refractivity contribution in [2.24, 2.45) is 11.1 Å². The van der Waals surface area contributed by atoms with Crippen molar-refractivity contribution in [2.45, 2.75) is 19.3 Å². The van der Waals surface area contributed by atoms with Crippen LogP contribution in [-0.2, 0) is 19.1 Å². The van der Waals surface area contributed by atoms with Crippen molar-refractivity contribution in [3.05, 3.63) is 34.9 Å². The van der Waals surface area contributed by atoms with Crippen LogP contribution >= 0.6 is 11.6 Å². The average Bonchev–Trinajstić information content (AvgIpc) is 2.94. The van der Waals surface area contributed by atoms with E-state index in [1.54, 1.807) is 12.1 Å². The van der Waals surface area contributed by atoms with Crippen molar-refractivity contribution >= 4 is 23.3 Å². The van der Waals surface area contributed by atoms with E-state index < -0.39 is 18.3 Å². The molecule has 1 saturated heterocycles. The van der Waals surface area contributed by atoms with Crippen LogP contribution in [0.15, 0.2) is 29.4 Å². The summed E-state index contributed by atoms with van der Waals surface area (Å²) in [7, 11) is 0. The zero-order valence-corrected chi connectivity index (χ0v) is 11.0. The van der Waals surface area contributed by atoms with Gasteiger partial charge in [-0.2, -0.15) is 0 Å². The Hall–Kier alpha value is -1.59. The summed E-state index contributed by atoms with van der Waals surface area (Å²) in [4.78, 5) is 17.2. The molecule has 0 aliphatic carbocycles. The molecular weight excluding hydrogens is 270 g/mol. The van der Waals surface area contributed by atoms with Gasteiger partial charge in [0, 0.05) is 17.2 Å². The number of carbonyl (C=O) groups excluding carboxylic acids is 1. The second-order valence-electron chi connectivity index (χ2n) is 4.26. The van der Waals surface area contributed by atoms with Gasteiger partial charge in [-0.3, -0.25) is 4.79 Å². The number of ether oxygens (including phenoxy) is 2. The zero-order chi connectivity index (χ0) is 13.4. The summed E-state index contributed by atoms with van der Waals surface area (Å²) in [6.45, 7) is 2.26. The van der Waals surface area contributed by atoms with Crippen molar-refractivity contribution in [1.82, 2.24) is 0 Å². The second kappa shape index (κ2) is 4.83. The molecule has 0 unspecified atom stereocenters. The minimum atomic E-state index is -0.703. The van der Waals surface area contributed by atoms with Crippen molar-refractivity contribution in [3.63, 3.8) is 0 Å². The average molecular weight is 282 g/mol. The molecule has 3 atom stereocenters. The maximum Gasteiger partial charge on any atom is 0.321 e. The topological polar surface area (TPSA) is 57.1 Å². The molecule has 1 fully saturated rings. The predicted octanol–water partition coefficient (Wildman–Crippen LogP) is 1.98. The Morgan fingerprint density at radius 3 is 2.95 bits per heavy atom. The molecule has 0 aromatic heterocycles. The molecule has 1 aromatic rings. The lowest BCUT2D eigenvalue weighted by molar-refractivity contribution is -0.177. The Morgan fingerprint density at radius 1 is 1.42 bits per heavy atom. The Labute approximate surface area is 115 Å². The smallest absolute Gasteiger partial charge is 0.321 e. The highest BCUT2D eigenvalue weighted by Gasteiger charge is 2.54. The van der Waals surface area contributed by atoms with Gasteiger partial charge in [0.1, 0.15) is 11.6 Å². The molecule has 0 bridgehead atoms. The van der Waals surface area contributed by atoms with Crippen LogP contribution in [0.2, 0.25) is 5.02 Å². The first-order chi connectivity index (χ1) is 9.22. The normalized spacial score (nSPS) is 28.6. The highest BCUT2D eigenvalue weighted by Crippen LogP contribution is 2.35. The molecule has 6 heteroatoms. The van der Waals surface area contributed by atoms with Gasteiger partial charge < -0.3 is 14.3 Å². The number of carbonyl (C=O) groups is 1. The minimum Gasteiger partial charge on any atom is -0.431 e. The molecule has 0 N–H and O–H groups in total. The molecule has 2 aliphatic rings. The third-order valence-corrected chi connectivity index (χ3v) is 3.46. The largest absolute Gasteiger partial charge is 0.431 e. The Bertz CT molecular complexity index is 545. The number of hydrogen-bond donors (Lipinski definition) is 0. The summed E-state index contributed by atoms with van der Waals surface area (Å²) in [5, 5.41) is 4.51. The van der Waals surface area contributed by atoms with Crippen molar-refractivity contribution in [2.75, 3.05) is 6.61 Å². The van der Waals surface area contributed by atoms with Gasteiger partial charge in [-0.05, 0) is 13.0 Å². The molecular formula is C13H12ClNO4. The second-order valence-corrected chi connectivity index (χ2v) is 4.67. The minimum absolute atomic E-state index is 0.389. The number of rotatable bonds is 3. The highest BCUT2D eigenvalue weighted by atomic mass is 35.5. The first kappa shape index (κ1) is 12.4. The number of cyclic esters (lactones) is 1. The fourth-order valence-corrected chi connectivity index (χ4v) is 2.51. The van der Waals surface area contributed by atoms with Gasteiger partial charge in [0.05, 0.1) is 0 Å².